The van der Waals surface area contributed by atoms with Crippen LogP contribution in [-0.2, 0) is 9.59 Å². The molecule has 23 heavy (non-hydrogen) atoms. The highest BCUT2D eigenvalue weighted by Gasteiger charge is 2.20. The summed E-state index contributed by atoms with van der Waals surface area (Å²) in [7, 11) is 3.46. The van der Waals surface area contributed by atoms with Gasteiger partial charge in [-0.2, -0.15) is 0 Å². The molecule has 0 spiro atoms. The van der Waals surface area contributed by atoms with E-state index < -0.39 is 5.41 Å². The Hall–Kier alpha value is -1.79. The minimum atomic E-state index is -0.399. The van der Waals surface area contributed by atoms with Crippen molar-refractivity contribution in [1.82, 2.24) is 20.9 Å². The number of nitrogens with one attached hydrogen (secondary N) is 3. The number of guanidine groups is 1. The van der Waals surface area contributed by atoms with Crippen LogP contribution in [0, 0.1) is 5.41 Å². The van der Waals surface area contributed by atoms with E-state index in [1.165, 1.54) is 0 Å². The quantitative estimate of drug-likeness (QED) is 0.391. The lowest BCUT2D eigenvalue weighted by Crippen LogP contribution is -2.49. The molecule has 0 rings (SSSR count). The Kier molecular flexibility index (Phi) is 8.06. The minimum absolute atomic E-state index is 0.00666. The van der Waals surface area contributed by atoms with Crippen LogP contribution in [0.5, 0.6) is 0 Å². The molecule has 0 aliphatic heterocycles. The first-order valence-electron chi connectivity index (χ1n) is 7.88. The summed E-state index contributed by atoms with van der Waals surface area (Å²) >= 11 is 0. The minimum Gasteiger partial charge on any atom is -0.354 e. The molecule has 134 valence electrons. The van der Waals surface area contributed by atoms with Gasteiger partial charge in [-0.1, -0.05) is 20.8 Å². The summed E-state index contributed by atoms with van der Waals surface area (Å²) in [5, 5.41) is 8.89. The zero-order valence-electron chi connectivity index (χ0n) is 15.8. The van der Waals surface area contributed by atoms with Gasteiger partial charge >= 0.3 is 0 Å². The van der Waals surface area contributed by atoms with Gasteiger partial charge < -0.3 is 20.9 Å². The fraction of sp³-hybridized carbons (Fsp3) is 0.812. The maximum absolute atomic E-state index is 11.9. The summed E-state index contributed by atoms with van der Waals surface area (Å²) in [6, 6.07) is 0. The fourth-order valence-corrected chi connectivity index (χ4v) is 1.75. The Morgan fingerprint density at radius 2 is 1.52 bits per heavy atom. The maximum atomic E-state index is 11.9. The maximum Gasteiger partial charge on any atom is 0.240 e. The van der Waals surface area contributed by atoms with E-state index in [0.29, 0.717) is 19.0 Å². The van der Waals surface area contributed by atoms with Crippen molar-refractivity contribution < 1.29 is 9.59 Å². The average molecular weight is 327 g/mol. The third-order valence-corrected chi connectivity index (χ3v) is 2.84. The van der Waals surface area contributed by atoms with Gasteiger partial charge in [0.2, 0.25) is 11.8 Å². The van der Waals surface area contributed by atoms with Crippen molar-refractivity contribution in [2.24, 2.45) is 10.4 Å². The number of carbonyl (C=O) groups excluding carboxylic acids is 2. The van der Waals surface area contributed by atoms with Crippen LogP contribution < -0.4 is 16.0 Å². The fourth-order valence-electron chi connectivity index (χ4n) is 1.75. The summed E-state index contributed by atoms with van der Waals surface area (Å²) in [5.74, 6) is 0.551. The van der Waals surface area contributed by atoms with Gasteiger partial charge in [-0.25, -0.2) is 0 Å². The lowest BCUT2D eigenvalue weighted by molar-refractivity contribution is -0.128. The van der Waals surface area contributed by atoms with E-state index in [9.17, 15) is 9.59 Å². The molecule has 0 aromatic carbocycles. The molecule has 0 aliphatic carbocycles. The molecule has 0 aliphatic rings. The van der Waals surface area contributed by atoms with Crippen LogP contribution in [0.25, 0.3) is 0 Å². The van der Waals surface area contributed by atoms with Crippen LogP contribution in [0.4, 0.5) is 0 Å². The Morgan fingerprint density at radius 1 is 1.00 bits per heavy atom. The van der Waals surface area contributed by atoms with Gasteiger partial charge in [-0.3, -0.25) is 14.6 Å². The molecule has 0 fully saturated rings. The summed E-state index contributed by atoms with van der Waals surface area (Å²) in [5.41, 5.74) is -0.657. The van der Waals surface area contributed by atoms with E-state index >= 15 is 0 Å². The molecular weight excluding hydrogens is 294 g/mol. The summed E-state index contributed by atoms with van der Waals surface area (Å²) < 4.78 is 0. The van der Waals surface area contributed by atoms with Crippen LogP contribution in [0.15, 0.2) is 4.99 Å². The molecule has 0 saturated carbocycles. The van der Waals surface area contributed by atoms with Gasteiger partial charge in [0.1, 0.15) is 0 Å². The van der Waals surface area contributed by atoms with Crippen molar-refractivity contribution in [3.63, 3.8) is 0 Å². The van der Waals surface area contributed by atoms with Gasteiger partial charge in [0.05, 0.1) is 6.54 Å². The van der Waals surface area contributed by atoms with E-state index in [1.807, 2.05) is 41.5 Å². The van der Waals surface area contributed by atoms with Crippen molar-refractivity contribution in [3.05, 3.63) is 0 Å². The van der Waals surface area contributed by atoms with Crippen LogP contribution in [-0.4, -0.2) is 61.9 Å². The molecule has 0 atom stereocenters. The molecular formula is C16H33N5O2. The number of rotatable bonds is 5. The van der Waals surface area contributed by atoms with Crippen molar-refractivity contribution in [1.29, 1.82) is 0 Å². The number of hydrogen-bond donors (Lipinski definition) is 3. The lowest BCUT2D eigenvalue weighted by Gasteiger charge is -2.25. The first kappa shape index (κ1) is 21.2. The zero-order chi connectivity index (χ0) is 18.3. The molecule has 0 radical (unpaired) electrons. The van der Waals surface area contributed by atoms with Crippen LogP contribution >= 0.6 is 0 Å². The molecule has 2 amide bonds. The lowest BCUT2D eigenvalue weighted by atomic mass is 9.96. The Bertz CT molecular complexity index is 433. The van der Waals surface area contributed by atoms with Crippen molar-refractivity contribution in [3.8, 4) is 0 Å². The van der Waals surface area contributed by atoms with Crippen LogP contribution in [0.3, 0.4) is 0 Å². The first-order valence-corrected chi connectivity index (χ1v) is 7.88. The molecule has 0 saturated heterocycles. The summed E-state index contributed by atoms with van der Waals surface area (Å²) in [6.45, 7) is 12.7. The van der Waals surface area contributed by atoms with E-state index in [-0.39, 0.29) is 23.9 Å². The number of aliphatic imine (C=N–C) groups is 1. The van der Waals surface area contributed by atoms with E-state index in [0.717, 1.165) is 0 Å². The van der Waals surface area contributed by atoms with Gasteiger partial charge in [-0.15, -0.1) is 0 Å². The highest BCUT2D eigenvalue weighted by atomic mass is 16.2. The summed E-state index contributed by atoms with van der Waals surface area (Å²) in [4.78, 5) is 29.6. The molecule has 0 bridgehead atoms. The number of likely N-dealkylation sites (N-methyl/N-ethyl adjacent to an activating group) is 1. The second-order valence-electron chi connectivity index (χ2n) is 7.63. The van der Waals surface area contributed by atoms with Crippen molar-refractivity contribution >= 4 is 17.8 Å². The topological polar surface area (TPSA) is 85.8 Å². The van der Waals surface area contributed by atoms with E-state index in [4.69, 9.17) is 0 Å². The molecule has 0 unspecified atom stereocenters. The zero-order valence-corrected chi connectivity index (χ0v) is 15.8. The number of nitrogens with zero attached hydrogens (tertiary/aromatic N) is 2. The van der Waals surface area contributed by atoms with Gasteiger partial charge in [0.25, 0.3) is 0 Å². The Labute approximate surface area is 140 Å². The number of carbonyl (C=O) groups is 2. The standard InChI is InChI=1S/C16H33N5O2/c1-15(2,3)13(23)18-9-10-19-14(17-7)21(8)11-12(22)20-16(4,5)6/h9-11H2,1-8H3,(H,17,19)(H,18,23)(H,20,22). The molecule has 0 aromatic rings. The molecule has 3 N–H and O–H groups in total. The van der Waals surface area contributed by atoms with Crippen LogP contribution in [0.2, 0.25) is 0 Å². The second-order valence-corrected chi connectivity index (χ2v) is 7.63. The van der Waals surface area contributed by atoms with Crippen molar-refractivity contribution in [2.45, 2.75) is 47.1 Å². The average Bonchev–Trinajstić information content (AvgIpc) is 2.34. The smallest absolute Gasteiger partial charge is 0.240 e. The monoisotopic (exact) mass is 327 g/mol. The largest absolute Gasteiger partial charge is 0.354 e. The van der Waals surface area contributed by atoms with Gasteiger partial charge in [-0.05, 0) is 20.8 Å². The summed E-state index contributed by atoms with van der Waals surface area (Å²) in [6.07, 6.45) is 0. The third-order valence-electron chi connectivity index (χ3n) is 2.84. The first-order chi connectivity index (χ1) is 10.4. The van der Waals surface area contributed by atoms with E-state index in [2.05, 4.69) is 20.9 Å². The van der Waals surface area contributed by atoms with Crippen LogP contribution in [0.1, 0.15) is 41.5 Å². The highest BCUT2D eigenvalue weighted by molar-refractivity contribution is 5.86. The van der Waals surface area contributed by atoms with Gasteiger partial charge in [0.15, 0.2) is 5.96 Å². The predicted molar refractivity (Wildman–Crippen MR) is 94.4 cm³/mol. The Morgan fingerprint density at radius 3 is 1.96 bits per heavy atom. The molecule has 7 nitrogen and oxygen atoms in total. The normalized spacial score (nSPS) is 12.6. The van der Waals surface area contributed by atoms with E-state index in [1.54, 1.807) is 19.0 Å². The third kappa shape index (κ3) is 9.76. The SMILES string of the molecule is CN=C(NCCNC(=O)C(C)(C)C)N(C)CC(=O)NC(C)(C)C. The molecule has 0 aromatic heterocycles. The number of hydrogen-bond acceptors (Lipinski definition) is 3. The van der Waals surface area contributed by atoms with Gasteiger partial charge in [0, 0.05) is 38.1 Å². The van der Waals surface area contributed by atoms with Crippen molar-refractivity contribution in [2.75, 3.05) is 33.7 Å². The second kappa shape index (κ2) is 8.74. The predicted octanol–water partition coefficient (Wildman–Crippen LogP) is 0.571. The highest BCUT2D eigenvalue weighted by Crippen LogP contribution is 2.11. The Balaban J connectivity index is 4.25. The number of amides is 2. The molecule has 0 heterocycles. The molecule has 7 heteroatoms.